The van der Waals surface area contributed by atoms with Gasteiger partial charge in [0.05, 0.1) is 0 Å². The Labute approximate surface area is 151 Å². The number of nitrogens with zero attached hydrogens (tertiary/aromatic N) is 1. The molecule has 1 heterocycles. The van der Waals surface area contributed by atoms with Crippen molar-refractivity contribution in [2.24, 2.45) is 0 Å². The standard InChI is InChI=1S/C18H25BrN2O3/c1-18(2,3)24-17(23)21-12-4-5-15(21)16(22)20-11-10-13-6-8-14(19)9-7-13/h6-9,15H,4-5,10-12H2,1-3H3,(H,20,22). The van der Waals surface area contributed by atoms with Crippen molar-refractivity contribution in [3.63, 3.8) is 0 Å². The maximum Gasteiger partial charge on any atom is 0.410 e. The van der Waals surface area contributed by atoms with Crippen LogP contribution in [-0.4, -0.2) is 41.6 Å². The van der Waals surface area contributed by atoms with Crippen LogP contribution in [0.25, 0.3) is 0 Å². The smallest absolute Gasteiger partial charge is 0.410 e. The molecule has 1 aliphatic rings. The predicted molar refractivity (Wildman–Crippen MR) is 96.8 cm³/mol. The quantitative estimate of drug-likeness (QED) is 0.846. The van der Waals surface area contributed by atoms with E-state index in [9.17, 15) is 9.59 Å². The predicted octanol–water partition coefficient (Wildman–Crippen LogP) is 3.51. The second-order valence-electron chi connectivity index (χ2n) is 7.00. The molecule has 0 radical (unpaired) electrons. The average Bonchev–Trinajstić information content (AvgIpc) is 2.97. The van der Waals surface area contributed by atoms with Crippen LogP contribution in [0.5, 0.6) is 0 Å². The Balaban J connectivity index is 1.84. The third-order valence-electron chi connectivity index (χ3n) is 3.81. The highest BCUT2D eigenvalue weighted by molar-refractivity contribution is 9.10. The van der Waals surface area contributed by atoms with Crippen LogP contribution in [0.3, 0.4) is 0 Å². The van der Waals surface area contributed by atoms with E-state index in [0.29, 0.717) is 19.5 Å². The molecule has 2 rings (SSSR count). The Kier molecular flexibility index (Phi) is 6.27. The number of hydrogen-bond acceptors (Lipinski definition) is 3. The van der Waals surface area contributed by atoms with Crippen LogP contribution in [0.15, 0.2) is 28.7 Å². The second kappa shape index (κ2) is 8.01. The summed E-state index contributed by atoms with van der Waals surface area (Å²) in [7, 11) is 0. The van der Waals surface area contributed by atoms with Crippen molar-refractivity contribution in [1.29, 1.82) is 0 Å². The van der Waals surface area contributed by atoms with Crippen LogP contribution >= 0.6 is 15.9 Å². The molecule has 24 heavy (non-hydrogen) atoms. The van der Waals surface area contributed by atoms with Crippen LogP contribution in [0.2, 0.25) is 0 Å². The molecule has 0 saturated carbocycles. The molecule has 6 heteroatoms. The number of ether oxygens (including phenoxy) is 1. The van der Waals surface area contributed by atoms with Crippen LogP contribution in [0, 0.1) is 0 Å². The van der Waals surface area contributed by atoms with Gasteiger partial charge in [0.2, 0.25) is 5.91 Å². The van der Waals surface area contributed by atoms with Gasteiger partial charge in [-0.1, -0.05) is 28.1 Å². The molecule has 1 aromatic rings. The second-order valence-corrected chi connectivity index (χ2v) is 7.91. The molecule has 1 aromatic carbocycles. The Morgan fingerprint density at radius 1 is 1.29 bits per heavy atom. The molecular formula is C18H25BrN2O3. The summed E-state index contributed by atoms with van der Waals surface area (Å²) in [5, 5.41) is 2.94. The summed E-state index contributed by atoms with van der Waals surface area (Å²) < 4.78 is 6.43. The zero-order valence-electron chi connectivity index (χ0n) is 14.5. The first-order valence-electron chi connectivity index (χ1n) is 8.28. The topological polar surface area (TPSA) is 58.6 Å². The number of likely N-dealkylation sites (tertiary alicyclic amines) is 1. The van der Waals surface area contributed by atoms with Gasteiger partial charge in [0.1, 0.15) is 11.6 Å². The summed E-state index contributed by atoms with van der Waals surface area (Å²) in [4.78, 5) is 26.2. The lowest BCUT2D eigenvalue weighted by atomic mass is 10.1. The van der Waals surface area contributed by atoms with Gasteiger partial charge >= 0.3 is 6.09 Å². The van der Waals surface area contributed by atoms with E-state index >= 15 is 0 Å². The molecule has 1 unspecified atom stereocenters. The van der Waals surface area contributed by atoms with Crippen LogP contribution < -0.4 is 5.32 Å². The van der Waals surface area contributed by atoms with Gasteiger partial charge in [0.25, 0.3) is 0 Å². The van der Waals surface area contributed by atoms with Gasteiger partial charge in [-0.2, -0.15) is 0 Å². The molecular weight excluding hydrogens is 372 g/mol. The monoisotopic (exact) mass is 396 g/mol. The summed E-state index contributed by atoms with van der Waals surface area (Å²) in [6.45, 7) is 6.61. The molecule has 5 nitrogen and oxygen atoms in total. The number of nitrogens with one attached hydrogen (secondary N) is 1. The Morgan fingerprint density at radius 2 is 1.96 bits per heavy atom. The molecule has 0 bridgehead atoms. The summed E-state index contributed by atoms with van der Waals surface area (Å²) in [5.74, 6) is -0.101. The summed E-state index contributed by atoms with van der Waals surface area (Å²) in [6.07, 6.45) is 1.86. The number of carbonyl (C=O) groups is 2. The van der Waals surface area contributed by atoms with E-state index in [1.807, 2.05) is 45.0 Å². The number of halogens is 1. The first-order chi connectivity index (χ1) is 11.3. The fraction of sp³-hybridized carbons (Fsp3) is 0.556. The van der Waals surface area contributed by atoms with Crippen molar-refractivity contribution in [2.45, 2.75) is 51.7 Å². The van der Waals surface area contributed by atoms with Gasteiger partial charge < -0.3 is 10.1 Å². The maximum atomic E-state index is 12.4. The van der Waals surface area contributed by atoms with E-state index < -0.39 is 17.7 Å². The summed E-state index contributed by atoms with van der Waals surface area (Å²) in [5.41, 5.74) is 0.608. The van der Waals surface area contributed by atoms with Gasteiger partial charge in [0, 0.05) is 17.6 Å². The number of carbonyl (C=O) groups excluding carboxylic acids is 2. The molecule has 0 aromatic heterocycles. The van der Waals surface area contributed by atoms with E-state index in [1.54, 1.807) is 4.90 Å². The SMILES string of the molecule is CC(C)(C)OC(=O)N1CCCC1C(=O)NCCc1ccc(Br)cc1. The summed E-state index contributed by atoms with van der Waals surface area (Å²) >= 11 is 3.40. The summed E-state index contributed by atoms with van der Waals surface area (Å²) in [6, 6.07) is 7.60. The highest BCUT2D eigenvalue weighted by atomic mass is 79.9. The van der Waals surface area contributed by atoms with E-state index in [-0.39, 0.29) is 5.91 Å². The third kappa shape index (κ3) is 5.51. The molecule has 1 atom stereocenters. The lowest BCUT2D eigenvalue weighted by Crippen LogP contribution is -2.47. The van der Waals surface area contributed by atoms with Gasteiger partial charge in [-0.15, -0.1) is 0 Å². The molecule has 1 fully saturated rings. The molecule has 132 valence electrons. The number of amides is 2. The lowest BCUT2D eigenvalue weighted by molar-refractivity contribution is -0.125. The normalized spacial score (nSPS) is 17.7. The van der Waals surface area contributed by atoms with Crippen LogP contribution in [-0.2, 0) is 16.0 Å². The first-order valence-corrected chi connectivity index (χ1v) is 9.07. The number of benzene rings is 1. The van der Waals surface area contributed by atoms with E-state index in [0.717, 1.165) is 22.9 Å². The highest BCUT2D eigenvalue weighted by Gasteiger charge is 2.36. The van der Waals surface area contributed by atoms with Crippen molar-refractivity contribution in [1.82, 2.24) is 10.2 Å². The van der Waals surface area contributed by atoms with Crippen molar-refractivity contribution >= 4 is 27.9 Å². The van der Waals surface area contributed by atoms with Gasteiger partial charge in [0.15, 0.2) is 0 Å². The zero-order chi connectivity index (χ0) is 17.7. The number of hydrogen-bond donors (Lipinski definition) is 1. The molecule has 1 N–H and O–H groups in total. The number of rotatable bonds is 4. The fourth-order valence-electron chi connectivity index (χ4n) is 2.68. The van der Waals surface area contributed by atoms with E-state index in [1.165, 1.54) is 0 Å². The Bertz CT molecular complexity index is 581. The first kappa shape index (κ1) is 18.8. The van der Waals surface area contributed by atoms with Gasteiger partial charge in [-0.05, 0) is 57.7 Å². The zero-order valence-corrected chi connectivity index (χ0v) is 16.1. The van der Waals surface area contributed by atoms with Crippen LogP contribution in [0.4, 0.5) is 4.79 Å². The Hall–Kier alpha value is -1.56. The molecule has 0 aliphatic carbocycles. The van der Waals surface area contributed by atoms with E-state index in [4.69, 9.17) is 4.74 Å². The fourth-order valence-corrected chi connectivity index (χ4v) is 2.94. The minimum Gasteiger partial charge on any atom is -0.444 e. The van der Waals surface area contributed by atoms with Gasteiger partial charge in [-0.3, -0.25) is 9.69 Å². The minimum atomic E-state index is -0.553. The molecule has 1 aliphatic heterocycles. The lowest BCUT2D eigenvalue weighted by Gasteiger charge is -2.28. The van der Waals surface area contributed by atoms with Crippen molar-refractivity contribution in [2.75, 3.05) is 13.1 Å². The average molecular weight is 397 g/mol. The third-order valence-corrected chi connectivity index (χ3v) is 4.34. The largest absolute Gasteiger partial charge is 0.444 e. The molecule has 1 saturated heterocycles. The molecule has 2 amide bonds. The van der Waals surface area contributed by atoms with Crippen molar-refractivity contribution in [3.05, 3.63) is 34.3 Å². The maximum absolute atomic E-state index is 12.4. The van der Waals surface area contributed by atoms with E-state index in [2.05, 4.69) is 21.2 Å². The van der Waals surface area contributed by atoms with Crippen molar-refractivity contribution < 1.29 is 14.3 Å². The van der Waals surface area contributed by atoms with Gasteiger partial charge in [-0.25, -0.2) is 4.79 Å². The Morgan fingerprint density at radius 3 is 2.58 bits per heavy atom. The van der Waals surface area contributed by atoms with Crippen molar-refractivity contribution in [3.8, 4) is 0 Å². The van der Waals surface area contributed by atoms with Crippen LogP contribution in [0.1, 0.15) is 39.2 Å². The minimum absolute atomic E-state index is 0.101. The molecule has 0 spiro atoms. The highest BCUT2D eigenvalue weighted by Crippen LogP contribution is 2.21.